The van der Waals surface area contributed by atoms with Gasteiger partial charge < -0.3 is 4.74 Å². The molecule has 2 rings (SSSR count). The van der Waals surface area contributed by atoms with Crippen LogP contribution in [0.1, 0.15) is 0 Å². The maximum Gasteiger partial charge on any atom is 0.256 e. The van der Waals surface area contributed by atoms with E-state index in [1.54, 1.807) is 0 Å². The third-order valence-corrected chi connectivity index (χ3v) is 2.38. The Labute approximate surface area is 106 Å². The molecule has 2 aromatic rings. The molecular weight excluding hydrogens is 271 g/mol. The fraction of sp³-hybridized carbons (Fsp3) is 0. The van der Waals surface area contributed by atoms with Gasteiger partial charge in [-0.25, -0.2) is 13.8 Å². The molecule has 0 unspecified atom stereocenters. The van der Waals surface area contributed by atoms with Crippen molar-refractivity contribution in [2.24, 2.45) is 0 Å². The highest BCUT2D eigenvalue weighted by Gasteiger charge is 2.10. The smallest absolute Gasteiger partial charge is 0.256 e. The zero-order chi connectivity index (χ0) is 12.4. The summed E-state index contributed by atoms with van der Waals surface area (Å²) in [5.41, 5.74) is 0. The summed E-state index contributed by atoms with van der Waals surface area (Å²) in [6, 6.07) is 4.55. The van der Waals surface area contributed by atoms with Crippen LogP contribution in [0.2, 0.25) is 10.0 Å². The lowest BCUT2D eigenvalue weighted by Crippen LogP contribution is -1.92. The lowest BCUT2D eigenvalue weighted by molar-refractivity contribution is 0.422. The number of hydrogen-bond acceptors (Lipinski definition) is 2. The number of rotatable bonds is 2. The molecule has 0 saturated heterocycles. The van der Waals surface area contributed by atoms with Gasteiger partial charge in [0.25, 0.3) is 5.88 Å². The molecule has 0 bridgehead atoms. The lowest BCUT2D eigenvalue weighted by Gasteiger charge is -2.07. The van der Waals surface area contributed by atoms with Gasteiger partial charge in [-0.1, -0.05) is 23.2 Å². The number of hydrogen-bond donors (Lipinski definition) is 0. The van der Waals surface area contributed by atoms with E-state index in [1.807, 2.05) is 0 Å². The van der Waals surface area contributed by atoms with Gasteiger partial charge in [0, 0.05) is 6.20 Å². The molecule has 0 aliphatic rings. The van der Waals surface area contributed by atoms with Crippen LogP contribution in [0, 0.1) is 11.6 Å². The lowest BCUT2D eigenvalue weighted by atomic mass is 10.3. The van der Waals surface area contributed by atoms with Gasteiger partial charge in [0.2, 0.25) is 0 Å². The van der Waals surface area contributed by atoms with E-state index in [2.05, 4.69) is 4.98 Å². The van der Waals surface area contributed by atoms with Crippen molar-refractivity contribution in [1.29, 1.82) is 0 Å². The van der Waals surface area contributed by atoms with Crippen molar-refractivity contribution >= 4 is 23.2 Å². The molecule has 0 N–H and O–H groups in total. The van der Waals surface area contributed by atoms with E-state index < -0.39 is 11.6 Å². The van der Waals surface area contributed by atoms with Gasteiger partial charge in [0.1, 0.15) is 11.6 Å². The zero-order valence-electron chi connectivity index (χ0n) is 8.25. The average Bonchev–Trinajstić information content (AvgIpc) is 2.25. The quantitative estimate of drug-likeness (QED) is 0.807. The maximum absolute atomic E-state index is 13.4. The summed E-state index contributed by atoms with van der Waals surface area (Å²) in [5, 5.41) is 0.182. The van der Waals surface area contributed by atoms with Gasteiger partial charge in [-0.2, -0.15) is 0 Å². The highest BCUT2D eigenvalue weighted by molar-refractivity contribution is 6.32. The van der Waals surface area contributed by atoms with Crippen LogP contribution in [-0.4, -0.2) is 4.98 Å². The first kappa shape index (κ1) is 12.1. The number of halogens is 4. The van der Waals surface area contributed by atoms with Crippen LogP contribution in [0.4, 0.5) is 8.78 Å². The molecule has 2 nitrogen and oxygen atoms in total. The van der Waals surface area contributed by atoms with Gasteiger partial charge in [-0.05, 0) is 24.3 Å². The van der Waals surface area contributed by atoms with Crippen LogP contribution in [0.5, 0.6) is 11.6 Å². The SMILES string of the molecule is Fc1ccc(Oc2ncc(Cl)cc2F)c(Cl)c1. The predicted molar refractivity (Wildman–Crippen MR) is 60.7 cm³/mol. The van der Waals surface area contributed by atoms with E-state index in [0.717, 1.165) is 18.2 Å². The second kappa shape index (κ2) is 4.85. The molecule has 0 radical (unpaired) electrons. The van der Waals surface area contributed by atoms with Gasteiger partial charge in [0.05, 0.1) is 10.0 Å². The number of benzene rings is 1. The Morgan fingerprint density at radius 1 is 1.12 bits per heavy atom. The molecule has 0 saturated carbocycles. The van der Waals surface area contributed by atoms with Crippen LogP contribution < -0.4 is 4.74 Å². The Balaban J connectivity index is 2.31. The first-order valence-corrected chi connectivity index (χ1v) is 5.26. The molecule has 0 aliphatic carbocycles. The molecule has 6 heteroatoms. The number of pyridine rings is 1. The van der Waals surface area contributed by atoms with Crippen molar-refractivity contribution in [1.82, 2.24) is 4.98 Å². The minimum absolute atomic E-state index is 0.0288. The van der Waals surface area contributed by atoms with Crippen LogP contribution in [0.15, 0.2) is 30.5 Å². The number of ether oxygens (including phenoxy) is 1. The summed E-state index contributed by atoms with van der Waals surface area (Å²) in [6.45, 7) is 0. The van der Waals surface area contributed by atoms with Crippen LogP contribution in [0.3, 0.4) is 0 Å². The Bertz CT molecular complexity index is 514. The van der Waals surface area contributed by atoms with Crippen molar-refractivity contribution in [3.05, 3.63) is 52.1 Å². The topological polar surface area (TPSA) is 22.1 Å². The molecule has 1 aromatic heterocycles. The minimum atomic E-state index is -0.724. The summed E-state index contributed by atoms with van der Waals surface area (Å²) >= 11 is 11.3. The first-order chi connectivity index (χ1) is 8.06. The van der Waals surface area contributed by atoms with E-state index in [-0.39, 0.29) is 21.7 Å². The molecule has 1 aromatic carbocycles. The largest absolute Gasteiger partial charge is 0.435 e. The molecule has 17 heavy (non-hydrogen) atoms. The Hall–Kier alpha value is -1.39. The standard InChI is InChI=1S/C11H5Cl2F2NO/c12-6-3-9(15)11(16-5-6)17-10-2-1-7(14)4-8(10)13/h1-5H. The van der Waals surface area contributed by atoms with Crippen molar-refractivity contribution in [2.75, 3.05) is 0 Å². The Morgan fingerprint density at radius 3 is 2.53 bits per heavy atom. The molecule has 0 atom stereocenters. The van der Waals surface area contributed by atoms with Crippen molar-refractivity contribution in [3.8, 4) is 11.6 Å². The van der Waals surface area contributed by atoms with Crippen molar-refractivity contribution in [3.63, 3.8) is 0 Å². The Morgan fingerprint density at radius 2 is 1.88 bits per heavy atom. The second-order valence-corrected chi connectivity index (χ2v) is 3.96. The van der Waals surface area contributed by atoms with E-state index >= 15 is 0 Å². The molecule has 0 fully saturated rings. The number of nitrogens with zero attached hydrogens (tertiary/aromatic N) is 1. The summed E-state index contributed by atoms with van der Waals surface area (Å²) in [5.74, 6) is -1.39. The molecule has 88 valence electrons. The van der Waals surface area contributed by atoms with Crippen molar-refractivity contribution in [2.45, 2.75) is 0 Å². The van der Waals surface area contributed by atoms with Gasteiger partial charge >= 0.3 is 0 Å². The fourth-order valence-electron chi connectivity index (χ4n) is 1.14. The zero-order valence-corrected chi connectivity index (χ0v) is 9.77. The van der Waals surface area contributed by atoms with Gasteiger partial charge in [-0.3, -0.25) is 0 Å². The van der Waals surface area contributed by atoms with E-state index in [4.69, 9.17) is 27.9 Å². The fourth-order valence-corrected chi connectivity index (χ4v) is 1.49. The van der Waals surface area contributed by atoms with Crippen LogP contribution in [0.25, 0.3) is 0 Å². The molecule has 0 aliphatic heterocycles. The van der Waals surface area contributed by atoms with Crippen LogP contribution in [-0.2, 0) is 0 Å². The monoisotopic (exact) mass is 275 g/mol. The Kier molecular flexibility index (Phi) is 3.45. The third kappa shape index (κ3) is 2.84. The highest BCUT2D eigenvalue weighted by Crippen LogP contribution is 2.30. The molecule has 0 amide bonds. The molecular formula is C11H5Cl2F2NO. The van der Waals surface area contributed by atoms with E-state index in [1.165, 1.54) is 12.3 Å². The van der Waals surface area contributed by atoms with Crippen molar-refractivity contribution < 1.29 is 13.5 Å². The average molecular weight is 276 g/mol. The predicted octanol–water partition coefficient (Wildman–Crippen LogP) is 4.46. The first-order valence-electron chi connectivity index (χ1n) is 4.50. The second-order valence-electron chi connectivity index (χ2n) is 3.12. The number of aromatic nitrogens is 1. The van der Waals surface area contributed by atoms with Gasteiger partial charge in [-0.15, -0.1) is 0 Å². The summed E-state index contributed by atoms with van der Waals surface area (Å²) in [4.78, 5) is 3.66. The van der Waals surface area contributed by atoms with Gasteiger partial charge in [0.15, 0.2) is 5.82 Å². The summed E-state index contributed by atoms with van der Waals surface area (Å²) < 4.78 is 31.2. The molecule has 0 spiro atoms. The third-order valence-electron chi connectivity index (χ3n) is 1.87. The summed E-state index contributed by atoms with van der Waals surface area (Å²) in [6.07, 6.45) is 1.23. The maximum atomic E-state index is 13.4. The van der Waals surface area contributed by atoms with E-state index in [0.29, 0.717) is 0 Å². The minimum Gasteiger partial charge on any atom is -0.435 e. The normalized spacial score (nSPS) is 10.4. The van der Waals surface area contributed by atoms with Crippen LogP contribution >= 0.6 is 23.2 Å². The summed E-state index contributed by atoms with van der Waals surface area (Å²) in [7, 11) is 0. The molecule has 1 heterocycles. The highest BCUT2D eigenvalue weighted by atomic mass is 35.5. The van der Waals surface area contributed by atoms with E-state index in [9.17, 15) is 8.78 Å².